The zero-order chi connectivity index (χ0) is 22.8. The Bertz CT molecular complexity index is 827. The SMILES string of the molecule is CCNC(=NCC(C)(O)c1ccco1)NCCCCN1CCN(c2cccc(C)c2)CC1. The molecule has 2 heterocycles. The topological polar surface area (TPSA) is 76.3 Å². The van der Waals surface area contributed by atoms with E-state index in [0.29, 0.717) is 5.76 Å². The Morgan fingerprint density at radius 2 is 1.94 bits per heavy atom. The maximum atomic E-state index is 10.6. The van der Waals surface area contributed by atoms with Gasteiger partial charge in [0.05, 0.1) is 12.8 Å². The Kier molecular flexibility index (Phi) is 9.00. The van der Waals surface area contributed by atoms with Crippen LogP contribution in [0.5, 0.6) is 0 Å². The molecule has 1 fully saturated rings. The summed E-state index contributed by atoms with van der Waals surface area (Å²) in [5, 5.41) is 17.2. The first-order chi connectivity index (χ1) is 15.5. The molecule has 1 aromatic carbocycles. The highest BCUT2D eigenvalue weighted by atomic mass is 16.4. The predicted octanol–water partition coefficient (Wildman–Crippen LogP) is 2.95. The summed E-state index contributed by atoms with van der Waals surface area (Å²) in [6.45, 7) is 13.3. The molecule has 0 amide bonds. The lowest BCUT2D eigenvalue weighted by molar-refractivity contribution is 0.0437. The highest BCUT2D eigenvalue weighted by Crippen LogP contribution is 2.21. The van der Waals surface area contributed by atoms with Gasteiger partial charge in [0, 0.05) is 45.0 Å². The van der Waals surface area contributed by atoms with Crippen LogP contribution in [0.15, 0.2) is 52.1 Å². The Labute approximate surface area is 192 Å². The molecule has 1 atom stereocenters. The number of anilines is 1. The third-order valence-electron chi connectivity index (χ3n) is 5.87. The predicted molar refractivity (Wildman–Crippen MR) is 131 cm³/mol. The number of aryl methyl sites for hydroxylation is 1. The molecular formula is C25H39N5O2. The minimum absolute atomic E-state index is 0.237. The molecular weight excluding hydrogens is 402 g/mol. The minimum atomic E-state index is -1.12. The molecule has 0 aliphatic carbocycles. The first-order valence-electron chi connectivity index (χ1n) is 11.8. The average Bonchev–Trinajstić information content (AvgIpc) is 3.34. The van der Waals surface area contributed by atoms with Gasteiger partial charge in [-0.05, 0) is 70.0 Å². The Morgan fingerprint density at radius 1 is 1.12 bits per heavy atom. The lowest BCUT2D eigenvalue weighted by Crippen LogP contribution is -2.46. The molecule has 3 N–H and O–H groups in total. The Hall–Kier alpha value is -2.51. The first-order valence-corrected chi connectivity index (χ1v) is 11.8. The monoisotopic (exact) mass is 441 g/mol. The van der Waals surface area contributed by atoms with Crippen LogP contribution in [0.4, 0.5) is 5.69 Å². The van der Waals surface area contributed by atoms with Gasteiger partial charge in [-0.3, -0.25) is 4.90 Å². The number of hydrogen-bond acceptors (Lipinski definition) is 5. The summed E-state index contributed by atoms with van der Waals surface area (Å²) >= 11 is 0. The van der Waals surface area contributed by atoms with E-state index in [1.54, 1.807) is 25.3 Å². The third kappa shape index (κ3) is 7.28. The number of aliphatic hydroxyl groups is 1. The number of aliphatic imine (C=N–C) groups is 1. The summed E-state index contributed by atoms with van der Waals surface area (Å²) in [5.74, 6) is 1.26. The number of furan rings is 1. The molecule has 3 rings (SSSR count). The molecule has 7 nitrogen and oxygen atoms in total. The van der Waals surface area contributed by atoms with Crippen molar-refractivity contribution in [2.45, 2.75) is 39.2 Å². The van der Waals surface area contributed by atoms with E-state index in [0.717, 1.165) is 64.6 Å². The van der Waals surface area contributed by atoms with Crippen molar-refractivity contribution in [3.63, 3.8) is 0 Å². The molecule has 1 aromatic heterocycles. The van der Waals surface area contributed by atoms with E-state index < -0.39 is 5.60 Å². The zero-order valence-electron chi connectivity index (χ0n) is 19.8. The molecule has 7 heteroatoms. The van der Waals surface area contributed by atoms with Crippen LogP contribution in [-0.2, 0) is 5.60 Å². The minimum Gasteiger partial charge on any atom is -0.466 e. The summed E-state index contributed by atoms with van der Waals surface area (Å²) in [4.78, 5) is 9.59. The second-order valence-corrected chi connectivity index (χ2v) is 8.75. The number of benzene rings is 1. The summed E-state index contributed by atoms with van der Waals surface area (Å²) in [5.41, 5.74) is 1.55. The van der Waals surface area contributed by atoms with Crippen LogP contribution < -0.4 is 15.5 Å². The lowest BCUT2D eigenvalue weighted by Gasteiger charge is -2.36. The molecule has 176 valence electrons. The zero-order valence-corrected chi connectivity index (χ0v) is 19.8. The van der Waals surface area contributed by atoms with Crippen LogP contribution in [0.25, 0.3) is 0 Å². The summed E-state index contributed by atoms with van der Waals surface area (Å²) in [7, 11) is 0. The fourth-order valence-corrected chi connectivity index (χ4v) is 3.96. The molecule has 0 saturated carbocycles. The molecule has 1 aliphatic heterocycles. The first kappa shape index (κ1) is 24.1. The van der Waals surface area contributed by atoms with Gasteiger partial charge < -0.3 is 25.1 Å². The molecule has 1 aliphatic rings. The average molecular weight is 442 g/mol. The van der Waals surface area contributed by atoms with Crippen LogP contribution in [0, 0.1) is 6.92 Å². The standard InChI is InChI=1S/C25H39N5O2/c1-4-26-24(28-20-25(3,31)23-11-8-18-32-23)27-12-5-6-13-29-14-16-30(17-15-29)22-10-7-9-21(2)19-22/h7-11,18-19,31H,4-6,12-17,20H2,1-3H3,(H2,26,27,28). The van der Waals surface area contributed by atoms with Crippen LogP contribution in [0.1, 0.15) is 38.0 Å². The maximum absolute atomic E-state index is 10.6. The fourth-order valence-electron chi connectivity index (χ4n) is 3.96. The second-order valence-electron chi connectivity index (χ2n) is 8.75. The van der Waals surface area contributed by atoms with E-state index in [2.05, 4.69) is 56.6 Å². The van der Waals surface area contributed by atoms with Crippen molar-refractivity contribution < 1.29 is 9.52 Å². The van der Waals surface area contributed by atoms with Crippen molar-refractivity contribution in [2.24, 2.45) is 4.99 Å². The number of guanidine groups is 1. The molecule has 0 bridgehead atoms. The van der Waals surface area contributed by atoms with Gasteiger partial charge in [0.15, 0.2) is 5.96 Å². The number of nitrogens with one attached hydrogen (secondary N) is 2. The van der Waals surface area contributed by atoms with Gasteiger partial charge in [-0.15, -0.1) is 0 Å². The lowest BCUT2D eigenvalue weighted by atomic mass is 10.0. The maximum Gasteiger partial charge on any atom is 0.191 e. The van der Waals surface area contributed by atoms with E-state index in [1.807, 2.05) is 6.92 Å². The summed E-state index contributed by atoms with van der Waals surface area (Å²) in [6.07, 6.45) is 3.80. The van der Waals surface area contributed by atoms with Crippen LogP contribution >= 0.6 is 0 Å². The largest absolute Gasteiger partial charge is 0.466 e. The van der Waals surface area contributed by atoms with E-state index in [9.17, 15) is 5.11 Å². The number of nitrogens with zero attached hydrogens (tertiary/aromatic N) is 3. The Balaban J connectivity index is 1.34. The van der Waals surface area contributed by atoms with Crippen molar-refractivity contribution in [1.29, 1.82) is 0 Å². The van der Waals surface area contributed by atoms with Crippen molar-refractivity contribution in [3.8, 4) is 0 Å². The van der Waals surface area contributed by atoms with Crippen LogP contribution in [0.2, 0.25) is 0 Å². The highest BCUT2D eigenvalue weighted by molar-refractivity contribution is 5.79. The van der Waals surface area contributed by atoms with Gasteiger partial charge in [-0.2, -0.15) is 0 Å². The normalized spacial score (nSPS) is 17.2. The van der Waals surface area contributed by atoms with E-state index in [4.69, 9.17) is 4.42 Å². The summed E-state index contributed by atoms with van der Waals surface area (Å²) < 4.78 is 5.33. The molecule has 0 spiro atoms. The van der Waals surface area contributed by atoms with Crippen LogP contribution in [0.3, 0.4) is 0 Å². The van der Waals surface area contributed by atoms with E-state index in [1.165, 1.54) is 11.3 Å². The molecule has 32 heavy (non-hydrogen) atoms. The van der Waals surface area contributed by atoms with Crippen LogP contribution in [-0.4, -0.2) is 68.3 Å². The van der Waals surface area contributed by atoms with Gasteiger partial charge in [-0.1, -0.05) is 12.1 Å². The fraction of sp³-hybridized carbons (Fsp3) is 0.560. The van der Waals surface area contributed by atoms with Crippen molar-refractivity contribution in [3.05, 3.63) is 54.0 Å². The van der Waals surface area contributed by atoms with E-state index >= 15 is 0 Å². The molecule has 0 radical (unpaired) electrons. The highest BCUT2D eigenvalue weighted by Gasteiger charge is 2.26. The van der Waals surface area contributed by atoms with Crippen molar-refractivity contribution in [1.82, 2.24) is 15.5 Å². The molecule has 2 aromatic rings. The van der Waals surface area contributed by atoms with Gasteiger partial charge in [-0.25, -0.2) is 4.99 Å². The summed E-state index contributed by atoms with van der Waals surface area (Å²) in [6, 6.07) is 12.3. The van der Waals surface area contributed by atoms with Crippen molar-refractivity contribution in [2.75, 3.05) is 57.3 Å². The van der Waals surface area contributed by atoms with Gasteiger partial charge in [0.25, 0.3) is 0 Å². The number of hydrogen-bond donors (Lipinski definition) is 3. The van der Waals surface area contributed by atoms with Crippen molar-refractivity contribution >= 4 is 11.6 Å². The number of rotatable bonds is 10. The quantitative estimate of drug-likeness (QED) is 0.299. The molecule has 1 saturated heterocycles. The number of unbranched alkanes of at least 4 members (excludes halogenated alkanes) is 1. The Morgan fingerprint density at radius 3 is 2.62 bits per heavy atom. The van der Waals surface area contributed by atoms with Gasteiger partial charge in [0.1, 0.15) is 11.4 Å². The molecule has 1 unspecified atom stereocenters. The third-order valence-corrected chi connectivity index (χ3v) is 5.87. The van der Waals surface area contributed by atoms with E-state index in [-0.39, 0.29) is 6.54 Å². The number of piperazine rings is 1. The van der Waals surface area contributed by atoms with Gasteiger partial charge in [0.2, 0.25) is 0 Å². The smallest absolute Gasteiger partial charge is 0.191 e. The second kappa shape index (κ2) is 11.9. The van der Waals surface area contributed by atoms with Gasteiger partial charge >= 0.3 is 0 Å².